The van der Waals surface area contributed by atoms with Crippen LogP contribution in [0.2, 0.25) is 0 Å². The van der Waals surface area contributed by atoms with Crippen LogP contribution in [0.1, 0.15) is 34.4 Å². The van der Waals surface area contributed by atoms with Gasteiger partial charge in [-0.15, -0.1) is 0 Å². The van der Waals surface area contributed by atoms with Crippen molar-refractivity contribution in [2.24, 2.45) is 0 Å². The van der Waals surface area contributed by atoms with Gasteiger partial charge in [-0.25, -0.2) is 9.59 Å². The number of carbonyl (C=O) groups is 3. The monoisotopic (exact) mass is 646 g/mol. The van der Waals surface area contributed by atoms with Crippen molar-refractivity contribution in [2.75, 3.05) is 20.5 Å². The molecule has 0 atom stereocenters. The van der Waals surface area contributed by atoms with Gasteiger partial charge in [0.15, 0.2) is 23.0 Å². The molecule has 3 aromatic rings. The number of urea groups is 1. The summed E-state index contributed by atoms with van der Waals surface area (Å²) in [6.07, 6.45) is 1.56. The van der Waals surface area contributed by atoms with Crippen molar-refractivity contribution in [3.63, 3.8) is 0 Å². The Balaban J connectivity index is 1.32. The summed E-state index contributed by atoms with van der Waals surface area (Å²) in [5, 5.41) is 2.58. The summed E-state index contributed by atoms with van der Waals surface area (Å²) >= 11 is 2.14. The number of ether oxygens (including phenoxy) is 5. The highest BCUT2D eigenvalue weighted by atomic mass is 127. The number of methoxy groups -OCH3 is 1. The Hall–Kier alpha value is -4.20. The minimum atomic E-state index is -0.651. The second-order valence-corrected chi connectivity index (χ2v) is 9.54. The lowest BCUT2D eigenvalue weighted by atomic mass is 10.1. The van der Waals surface area contributed by atoms with E-state index in [9.17, 15) is 14.4 Å². The molecule has 2 aromatic carbocycles. The van der Waals surface area contributed by atoms with E-state index >= 15 is 0 Å². The van der Waals surface area contributed by atoms with Gasteiger partial charge in [0.1, 0.15) is 18.1 Å². The lowest BCUT2D eigenvalue weighted by molar-refractivity contribution is -0.123. The van der Waals surface area contributed by atoms with Crippen molar-refractivity contribution >= 4 is 46.6 Å². The minimum Gasteiger partial charge on any atom is -0.490 e. The summed E-state index contributed by atoms with van der Waals surface area (Å²) in [4.78, 5) is 38.1. The first kappa shape index (κ1) is 26.4. The van der Waals surface area contributed by atoms with Crippen LogP contribution >= 0.6 is 22.6 Å². The van der Waals surface area contributed by atoms with E-state index in [0.29, 0.717) is 35.2 Å². The van der Waals surface area contributed by atoms with E-state index in [1.807, 2.05) is 31.2 Å². The number of nitrogens with zero attached hydrogens (tertiary/aromatic N) is 1. The Morgan fingerprint density at radius 3 is 2.72 bits per heavy atom. The van der Waals surface area contributed by atoms with E-state index in [4.69, 9.17) is 23.4 Å². The van der Waals surface area contributed by atoms with Gasteiger partial charge >= 0.3 is 12.0 Å². The van der Waals surface area contributed by atoms with Gasteiger partial charge in [0, 0.05) is 0 Å². The largest absolute Gasteiger partial charge is 0.490 e. The molecule has 0 saturated carbocycles. The molecule has 202 valence electrons. The molecule has 0 unspecified atom stereocenters. The number of carbonyl (C=O) groups excluding carboxylic acids is 3. The number of furan rings is 1. The Kier molecular flexibility index (Phi) is 7.63. The van der Waals surface area contributed by atoms with Crippen LogP contribution in [-0.2, 0) is 22.7 Å². The van der Waals surface area contributed by atoms with E-state index in [1.165, 1.54) is 19.2 Å². The van der Waals surface area contributed by atoms with Crippen molar-refractivity contribution in [1.82, 2.24) is 10.2 Å². The third-order valence-electron chi connectivity index (χ3n) is 5.79. The van der Waals surface area contributed by atoms with Gasteiger partial charge in [-0.3, -0.25) is 9.69 Å². The van der Waals surface area contributed by atoms with E-state index in [2.05, 4.69) is 32.6 Å². The van der Waals surface area contributed by atoms with Crippen LogP contribution in [0, 0.1) is 3.57 Å². The number of amides is 3. The smallest absolute Gasteiger partial charge is 0.373 e. The van der Waals surface area contributed by atoms with Crippen molar-refractivity contribution in [1.29, 1.82) is 0 Å². The highest BCUT2D eigenvalue weighted by Gasteiger charge is 2.34. The first-order valence-corrected chi connectivity index (χ1v) is 12.9. The quantitative estimate of drug-likeness (QED) is 0.155. The van der Waals surface area contributed by atoms with E-state index in [-0.39, 0.29) is 37.2 Å². The average molecular weight is 646 g/mol. The van der Waals surface area contributed by atoms with Crippen LogP contribution < -0.4 is 24.3 Å². The third kappa shape index (κ3) is 5.65. The molecule has 3 heterocycles. The molecule has 1 saturated heterocycles. The molecule has 11 nitrogen and oxygen atoms in total. The molecule has 12 heteroatoms. The molecule has 5 rings (SSSR count). The summed E-state index contributed by atoms with van der Waals surface area (Å²) in [6, 6.07) is 11.5. The Bertz CT molecular complexity index is 1480. The molecular formula is C27H23IN2O9. The summed E-state index contributed by atoms with van der Waals surface area (Å²) in [5.41, 5.74) is 1.63. The number of benzene rings is 2. The highest BCUT2D eigenvalue weighted by Crippen LogP contribution is 2.37. The molecule has 0 bridgehead atoms. The molecule has 39 heavy (non-hydrogen) atoms. The summed E-state index contributed by atoms with van der Waals surface area (Å²) in [7, 11) is 1.23. The number of esters is 1. The van der Waals surface area contributed by atoms with E-state index in [1.54, 1.807) is 12.1 Å². The highest BCUT2D eigenvalue weighted by molar-refractivity contribution is 14.1. The zero-order valence-corrected chi connectivity index (χ0v) is 23.1. The second-order valence-electron chi connectivity index (χ2n) is 8.38. The number of imide groups is 1. The molecule has 0 radical (unpaired) electrons. The van der Waals surface area contributed by atoms with Gasteiger partial charge in [0.2, 0.25) is 12.6 Å². The Labute approximate surface area is 236 Å². The van der Waals surface area contributed by atoms with Gasteiger partial charge < -0.3 is 33.4 Å². The molecule has 2 aliphatic heterocycles. The average Bonchev–Trinajstić information content (AvgIpc) is 3.64. The molecule has 0 aliphatic carbocycles. The molecule has 1 fully saturated rings. The van der Waals surface area contributed by atoms with Crippen molar-refractivity contribution in [2.45, 2.75) is 20.1 Å². The number of halogens is 1. The molecule has 1 aromatic heterocycles. The van der Waals surface area contributed by atoms with Crippen molar-refractivity contribution < 1.29 is 42.5 Å². The van der Waals surface area contributed by atoms with Crippen LogP contribution in [0.5, 0.6) is 23.0 Å². The molecule has 0 spiro atoms. The lowest BCUT2D eigenvalue weighted by Gasteiger charge is -2.15. The fraction of sp³-hybridized carbons (Fsp3) is 0.222. The van der Waals surface area contributed by atoms with Crippen molar-refractivity contribution in [3.8, 4) is 23.0 Å². The number of nitrogens with one attached hydrogen (secondary N) is 1. The Morgan fingerprint density at radius 2 is 1.92 bits per heavy atom. The minimum absolute atomic E-state index is 0.0193. The van der Waals surface area contributed by atoms with Gasteiger partial charge in [0.05, 0.1) is 23.8 Å². The number of fused-ring (bicyclic) bond motifs is 1. The predicted octanol–water partition coefficient (Wildman–Crippen LogP) is 4.47. The third-order valence-corrected chi connectivity index (χ3v) is 6.59. The van der Waals surface area contributed by atoms with Crippen LogP contribution in [0.15, 0.2) is 52.6 Å². The Morgan fingerprint density at radius 1 is 1.10 bits per heavy atom. The zero-order valence-electron chi connectivity index (χ0n) is 20.9. The zero-order chi connectivity index (χ0) is 27.5. The normalized spacial score (nSPS) is 15.1. The lowest BCUT2D eigenvalue weighted by Crippen LogP contribution is -2.30. The maximum Gasteiger partial charge on any atom is 0.373 e. The second kappa shape index (κ2) is 11.3. The van der Waals surface area contributed by atoms with Crippen LogP contribution in [-0.4, -0.2) is 43.3 Å². The van der Waals surface area contributed by atoms with E-state index < -0.39 is 17.9 Å². The summed E-state index contributed by atoms with van der Waals surface area (Å²) in [5.74, 6) is 1.48. The first-order chi connectivity index (χ1) is 18.9. The summed E-state index contributed by atoms with van der Waals surface area (Å²) in [6.45, 7) is 2.59. The van der Waals surface area contributed by atoms with E-state index in [0.717, 1.165) is 14.0 Å². The SMILES string of the molecule is CCOc1cc(/C=C2\NC(=O)N(Cc3ccc(C(=O)OC)o3)C2=O)cc(I)c1OCc1ccc2c(c1)OCO2. The van der Waals surface area contributed by atoms with Gasteiger partial charge in [0.25, 0.3) is 5.91 Å². The standard InChI is InChI=1S/C27H23IN2O9/c1-3-35-23-11-16(8-18(28)24(23)36-13-15-4-6-20-22(10-15)38-14-37-20)9-19-25(31)30(27(33)29-19)12-17-5-7-21(39-17)26(32)34-2/h4-11H,3,12-14H2,1-2H3,(H,29,33)/b19-9-. The molecular weight excluding hydrogens is 623 g/mol. The number of hydrogen-bond donors (Lipinski definition) is 1. The fourth-order valence-corrected chi connectivity index (χ4v) is 4.75. The fourth-order valence-electron chi connectivity index (χ4n) is 3.97. The van der Waals surface area contributed by atoms with Crippen LogP contribution in [0.25, 0.3) is 6.08 Å². The molecule has 1 N–H and O–H groups in total. The number of rotatable bonds is 9. The van der Waals surface area contributed by atoms with Gasteiger partial charge in [-0.1, -0.05) is 6.07 Å². The van der Waals surface area contributed by atoms with Crippen LogP contribution in [0.4, 0.5) is 4.79 Å². The molecule has 3 amide bonds. The summed E-state index contributed by atoms with van der Waals surface area (Å²) < 4.78 is 33.5. The topological polar surface area (TPSA) is 126 Å². The predicted molar refractivity (Wildman–Crippen MR) is 144 cm³/mol. The van der Waals surface area contributed by atoms with Gasteiger partial charge in [-0.2, -0.15) is 0 Å². The van der Waals surface area contributed by atoms with Crippen molar-refractivity contribution in [3.05, 3.63) is 74.4 Å². The maximum atomic E-state index is 13.0. The van der Waals surface area contributed by atoms with Gasteiger partial charge in [-0.05, 0) is 83.1 Å². The molecule has 2 aliphatic rings. The van der Waals surface area contributed by atoms with Crippen LogP contribution in [0.3, 0.4) is 0 Å². The maximum absolute atomic E-state index is 13.0. The number of hydrogen-bond acceptors (Lipinski definition) is 9. The first-order valence-electron chi connectivity index (χ1n) is 11.9.